The van der Waals surface area contributed by atoms with Crippen LogP contribution in [0.25, 0.3) is 0 Å². The van der Waals surface area contributed by atoms with Crippen LogP contribution in [-0.4, -0.2) is 54.5 Å². The van der Waals surface area contributed by atoms with Crippen LogP contribution in [0.5, 0.6) is 0 Å². The Kier molecular flexibility index (Phi) is 38.8. The van der Waals surface area contributed by atoms with Gasteiger partial charge in [0.05, 0.1) is 25.6 Å². The van der Waals surface area contributed by atoms with E-state index in [1.165, 1.54) is 64.2 Å². The van der Waals surface area contributed by atoms with Gasteiger partial charge in [0.2, 0.25) is 0 Å². The first-order valence-corrected chi connectivity index (χ1v) is 22.4. The maximum Gasteiger partial charge on any atom is 0.472 e. The quantitative estimate of drug-likeness (QED) is 0.0139. The number of phosphoric ester groups is 1. The van der Waals surface area contributed by atoms with E-state index >= 15 is 0 Å². The van der Waals surface area contributed by atoms with Crippen LogP contribution in [0.3, 0.4) is 0 Å². The Morgan fingerprint density at radius 3 is 1.89 bits per heavy atom. The van der Waals surface area contributed by atoms with Crippen molar-refractivity contribution < 1.29 is 37.9 Å². The Hall–Kier alpha value is -2.78. The van der Waals surface area contributed by atoms with E-state index in [-0.39, 0.29) is 32.8 Å². The number of aliphatic hydroxyl groups is 1. The number of carbonyl (C=O) groups excluding carboxylic acids is 1. The van der Waals surface area contributed by atoms with E-state index in [0.29, 0.717) is 12.8 Å². The lowest BCUT2D eigenvalue weighted by Crippen LogP contribution is -2.27. The predicted octanol–water partition coefficient (Wildman–Crippen LogP) is 11.6. The van der Waals surface area contributed by atoms with Gasteiger partial charge in [-0.1, -0.05) is 144 Å². The van der Waals surface area contributed by atoms with Crippen LogP contribution in [0.2, 0.25) is 0 Å². The van der Waals surface area contributed by atoms with E-state index in [2.05, 4.69) is 62.5 Å². The van der Waals surface area contributed by atoms with Gasteiger partial charge in [-0.05, 0) is 83.1 Å². The number of rotatable bonds is 38. The zero-order valence-corrected chi connectivity index (χ0v) is 35.1. The summed E-state index contributed by atoms with van der Waals surface area (Å²) in [7, 11) is -4.35. The van der Waals surface area contributed by atoms with Gasteiger partial charge in [0.25, 0.3) is 0 Å². The van der Waals surface area contributed by atoms with Crippen LogP contribution in [0.15, 0.2) is 97.4 Å². The van der Waals surface area contributed by atoms with E-state index in [1.807, 2.05) is 36.5 Å². The molecule has 0 fully saturated rings. The molecule has 0 aliphatic rings. The van der Waals surface area contributed by atoms with Crippen molar-refractivity contribution in [2.75, 3.05) is 26.4 Å². The third-order valence-electron chi connectivity index (χ3n) is 8.14. The number of aliphatic hydroxyl groups excluding tert-OH is 1. The lowest BCUT2D eigenvalue weighted by atomic mass is 10.1. The molecule has 55 heavy (non-hydrogen) atoms. The summed E-state index contributed by atoms with van der Waals surface area (Å²) in [4.78, 5) is 22.4. The topological polar surface area (TPSA) is 138 Å². The Balaban J connectivity index is 4.38. The summed E-state index contributed by atoms with van der Waals surface area (Å²) in [5.74, 6) is -0.500. The number of phosphoric acid groups is 1. The van der Waals surface area contributed by atoms with E-state index in [1.54, 1.807) is 12.3 Å². The van der Waals surface area contributed by atoms with Crippen LogP contribution in [0, 0.1) is 0 Å². The average Bonchev–Trinajstić information content (AvgIpc) is 3.17. The molecule has 9 nitrogen and oxygen atoms in total. The van der Waals surface area contributed by atoms with Crippen LogP contribution in [0.4, 0.5) is 0 Å². The summed E-state index contributed by atoms with van der Waals surface area (Å²) in [6.45, 7) is 3.87. The maximum atomic E-state index is 12.5. The second kappa shape index (κ2) is 40.9. The third-order valence-corrected chi connectivity index (χ3v) is 9.13. The minimum absolute atomic E-state index is 0.0417. The van der Waals surface area contributed by atoms with Crippen LogP contribution >= 0.6 is 7.82 Å². The highest BCUT2D eigenvalue weighted by Gasteiger charge is 2.25. The number of unbranched alkanes of at least 4 members (excludes halogenated alkanes) is 11. The van der Waals surface area contributed by atoms with E-state index in [9.17, 15) is 19.4 Å². The number of esters is 1. The number of carbonyl (C=O) groups is 1. The lowest BCUT2D eigenvalue weighted by Gasteiger charge is -2.19. The summed E-state index contributed by atoms with van der Waals surface area (Å²) in [5.41, 5.74) is 5.35. The first kappa shape index (κ1) is 52.2. The fourth-order valence-corrected chi connectivity index (χ4v) is 5.83. The molecule has 0 rings (SSSR count). The number of hydrogen-bond donors (Lipinski definition) is 3. The van der Waals surface area contributed by atoms with Crippen molar-refractivity contribution in [1.82, 2.24) is 0 Å². The summed E-state index contributed by atoms with van der Waals surface area (Å²) in [6, 6.07) is 0. The summed E-state index contributed by atoms with van der Waals surface area (Å²) < 4.78 is 33.0. The molecule has 0 aromatic heterocycles. The summed E-state index contributed by atoms with van der Waals surface area (Å²) in [5, 5.41) is 10.2. The molecule has 0 radical (unpaired) electrons. The normalized spacial score (nSPS) is 15.0. The van der Waals surface area contributed by atoms with Gasteiger partial charge in [-0.3, -0.25) is 13.8 Å². The molecule has 10 heteroatoms. The van der Waals surface area contributed by atoms with Gasteiger partial charge in [0.1, 0.15) is 6.61 Å². The fourth-order valence-electron chi connectivity index (χ4n) is 5.07. The van der Waals surface area contributed by atoms with Gasteiger partial charge in [0, 0.05) is 13.0 Å². The molecule has 0 bridgehead atoms. The van der Waals surface area contributed by atoms with Crippen LogP contribution in [-0.2, 0) is 27.9 Å². The number of nitrogens with two attached hydrogens (primary N) is 1. The molecule has 0 saturated heterocycles. The SMILES string of the molecule is CC/C=C\C/C=C\C/C=C\C/C=C\C=C/C(O)C/C=C\CCC(=O)O[C@H](CO/C=C/CCCCCCCC/C=C\CCCCCC)COP(=O)(O)OCCN. The molecule has 0 aromatic rings. The van der Waals surface area contributed by atoms with Gasteiger partial charge in [-0.15, -0.1) is 0 Å². The molecule has 0 saturated carbocycles. The molecule has 0 aliphatic carbocycles. The third kappa shape index (κ3) is 40.7. The van der Waals surface area contributed by atoms with Crippen LogP contribution in [0.1, 0.15) is 142 Å². The predicted molar refractivity (Wildman–Crippen MR) is 229 cm³/mol. The second-order valence-corrected chi connectivity index (χ2v) is 14.8. The molecule has 2 unspecified atom stereocenters. The average molecular weight is 790 g/mol. The summed E-state index contributed by atoms with van der Waals surface area (Å²) >= 11 is 0. The van der Waals surface area contributed by atoms with Gasteiger partial charge in [0.15, 0.2) is 6.10 Å². The van der Waals surface area contributed by atoms with Gasteiger partial charge >= 0.3 is 13.8 Å². The molecule has 0 aromatic carbocycles. The van der Waals surface area contributed by atoms with Crippen molar-refractivity contribution in [3.63, 3.8) is 0 Å². The molecular formula is C45H76NO8P. The molecule has 3 atom stereocenters. The number of ether oxygens (including phenoxy) is 2. The molecule has 4 N–H and O–H groups in total. The fraction of sp³-hybridized carbons (Fsp3) is 0.622. The van der Waals surface area contributed by atoms with Gasteiger partial charge in [-0.25, -0.2) is 4.57 Å². The standard InChI is InChI=1S/C45H76NO8P/c1-3-5-7-9-11-13-15-17-18-19-21-23-25-27-29-34-39-51-41-44(42-53-55(49,50)52-40-38-46)54-45(48)37-33-30-32-36-43(47)35-31-28-26-24-22-20-16-14-12-10-8-6-4-2/h6,8,12-15,20,22,26,28,30-32,34-35,39,43-44,47H,3-5,7,9-11,16-19,21,23-25,27,29,33,36-38,40-42,46H2,1-2H3,(H,49,50)/b8-6-,14-12-,15-13-,22-20-,28-26-,32-30-,35-31-,39-34+/t43?,44-/m1/s1. The number of allylic oxidation sites excluding steroid dienone is 13. The highest BCUT2D eigenvalue weighted by molar-refractivity contribution is 7.47. The van der Waals surface area contributed by atoms with E-state index < -0.39 is 26.0 Å². The Morgan fingerprint density at radius 2 is 1.25 bits per heavy atom. The van der Waals surface area contributed by atoms with E-state index in [4.69, 9.17) is 24.3 Å². The Bertz CT molecular complexity index is 1170. The first-order valence-electron chi connectivity index (χ1n) is 20.9. The smallest absolute Gasteiger partial charge is 0.472 e. The zero-order valence-electron chi connectivity index (χ0n) is 34.2. The minimum atomic E-state index is -4.35. The maximum absolute atomic E-state index is 12.5. The van der Waals surface area contributed by atoms with Crippen molar-refractivity contribution in [2.24, 2.45) is 5.73 Å². The van der Waals surface area contributed by atoms with E-state index in [0.717, 1.165) is 44.9 Å². The molecule has 0 spiro atoms. The first-order chi connectivity index (χ1) is 26.8. The monoisotopic (exact) mass is 790 g/mol. The number of hydrogen-bond acceptors (Lipinski definition) is 8. The van der Waals surface area contributed by atoms with Crippen LogP contribution < -0.4 is 5.73 Å². The minimum Gasteiger partial charge on any atom is -0.498 e. The second-order valence-electron chi connectivity index (χ2n) is 13.4. The van der Waals surface area contributed by atoms with Gasteiger partial charge < -0.3 is 25.2 Å². The zero-order chi connectivity index (χ0) is 40.3. The van der Waals surface area contributed by atoms with Crippen molar-refractivity contribution in [3.05, 3.63) is 97.4 Å². The van der Waals surface area contributed by atoms with Crippen molar-refractivity contribution >= 4 is 13.8 Å². The molecule has 0 amide bonds. The molecular weight excluding hydrogens is 713 g/mol. The summed E-state index contributed by atoms with van der Waals surface area (Å²) in [6.07, 6.45) is 51.2. The van der Waals surface area contributed by atoms with Gasteiger partial charge in [-0.2, -0.15) is 0 Å². The Morgan fingerprint density at radius 1 is 0.673 bits per heavy atom. The van der Waals surface area contributed by atoms with Crippen molar-refractivity contribution in [3.8, 4) is 0 Å². The highest BCUT2D eigenvalue weighted by atomic mass is 31.2. The molecule has 0 aliphatic heterocycles. The highest BCUT2D eigenvalue weighted by Crippen LogP contribution is 2.43. The molecule has 0 heterocycles. The Labute approximate surface area is 334 Å². The van der Waals surface area contributed by atoms with Crippen molar-refractivity contribution in [1.29, 1.82) is 0 Å². The lowest BCUT2D eigenvalue weighted by molar-refractivity contribution is -0.153. The largest absolute Gasteiger partial charge is 0.498 e. The van der Waals surface area contributed by atoms with Crippen molar-refractivity contribution in [2.45, 2.75) is 154 Å². The molecule has 314 valence electrons.